The minimum absolute atomic E-state index is 0.0124. The fraction of sp³-hybridized carbons (Fsp3) is 0.700. The van der Waals surface area contributed by atoms with Gasteiger partial charge in [-0.25, -0.2) is 4.98 Å². The van der Waals surface area contributed by atoms with Gasteiger partial charge >= 0.3 is 0 Å². The molecule has 0 atom stereocenters. The van der Waals surface area contributed by atoms with E-state index in [9.17, 15) is 4.79 Å². The van der Waals surface area contributed by atoms with Gasteiger partial charge in [0.15, 0.2) is 0 Å². The Morgan fingerprint density at radius 1 is 1.27 bits per heavy atom. The maximum Gasteiger partial charge on any atom is 0.255 e. The summed E-state index contributed by atoms with van der Waals surface area (Å²) in [6.07, 6.45) is 6.68. The highest BCUT2D eigenvalue weighted by Gasteiger charge is 2.24. The van der Waals surface area contributed by atoms with Gasteiger partial charge in [0, 0.05) is 32.4 Å². The summed E-state index contributed by atoms with van der Waals surface area (Å²) in [6, 6.07) is 1.77. The van der Waals surface area contributed by atoms with Crippen LogP contribution in [0.15, 0.2) is 12.3 Å². The van der Waals surface area contributed by atoms with Crippen molar-refractivity contribution in [1.82, 2.24) is 9.88 Å². The summed E-state index contributed by atoms with van der Waals surface area (Å²) in [7, 11) is 0. The van der Waals surface area contributed by atoms with Crippen LogP contribution in [0.3, 0.4) is 0 Å². The van der Waals surface area contributed by atoms with Gasteiger partial charge in [-0.15, -0.1) is 0 Å². The molecular weight excluding hydrogens is 350 g/mol. The van der Waals surface area contributed by atoms with Crippen LogP contribution in [-0.4, -0.2) is 55.2 Å². The molecule has 144 valence electrons. The Bertz CT molecular complexity index is 609. The summed E-state index contributed by atoms with van der Waals surface area (Å²) in [5.41, 5.74) is 0.562. The van der Waals surface area contributed by atoms with E-state index in [0.29, 0.717) is 36.9 Å². The molecule has 1 aromatic heterocycles. The third-order valence-corrected chi connectivity index (χ3v) is 5.71. The van der Waals surface area contributed by atoms with Crippen LogP contribution >= 0.6 is 11.6 Å². The summed E-state index contributed by atoms with van der Waals surface area (Å²) in [5, 5.41) is 0.574. The summed E-state index contributed by atoms with van der Waals surface area (Å²) in [6.45, 7) is 9.01. The van der Waals surface area contributed by atoms with Gasteiger partial charge < -0.3 is 14.5 Å². The van der Waals surface area contributed by atoms with Crippen molar-refractivity contribution in [3.05, 3.63) is 22.8 Å². The van der Waals surface area contributed by atoms with Crippen LogP contribution in [-0.2, 0) is 4.74 Å². The molecular formula is C20H30ClN3O2. The Labute approximate surface area is 161 Å². The zero-order valence-corrected chi connectivity index (χ0v) is 16.7. The number of carbonyl (C=O) groups is 1. The number of hydrogen-bond acceptors (Lipinski definition) is 4. The van der Waals surface area contributed by atoms with Crippen LogP contribution in [0, 0.1) is 11.8 Å². The maximum atomic E-state index is 12.6. The first-order chi connectivity index (χ1) is 12.5. The zero-order valence-electron chi connectivity index (χ0n) is 15.9. The molecule has 3 rings (SSSR count). The van der Waals surface area contributed by atoms with E-state index in [2.05, 4.69) is 23.7 Å². The minimum Gasteiger partial charge on any atom is -0.378 e. The molecule has 0 aliphatic carbocycles. The molecule has 0 bridgehead atoms. The van der Waals surface area contributed by atoms with Gasteiger partial charge in [-0.1, -0.05) is 38.3 Å². The Balaban J connectivity index is 1.59. The minimum atomic E-state index is -0.0124. The molecule has 5 nitrogen and oxygen atoms in total. The molecule has 1 aromatic rings. The number of amides is 1. The van der Waals surface area contributed by atoms with Crippen molar-refractivity contribution in [1.29, 1.82) is 0 Å². The lowest BCUT2D eigenvalue weighted by Crippen LogP contribution is -2.40. The average Bonchev–Trinajstić information content (AvgIpc) is 2.67. The predicted octanol–water partition coefficient (Wildman–Crippen LogP) is 3.86. The lowest BCUT2D eigenvalue weighted by atomic mass is 9.89. The Morgan fingerprint density at radius 3 is 2.58 bits per heavy atom. The SMILES string of the molecule is CC(C)CCC1CCN(c2ncc(C(=O)N3CCOCC3)cc2Cl)CC1. The largest absolute Gasteiger partial charge is 0.378 e. The quantitative estimate of drug-likeness (QED) is 0.779. The molecule has 2 aliphatic rings. The lowest BCUT2D eigenvalue weighted by Gasteiger charge is -2.33. The molecule has 26 heavy (non-hydrogen) atoms. The van der Waals surface area contributed by atoms with Crippen molar-refractivity contribution < 1.29 is 9.53 Å². The van der Waals surface area contributed by atoms with E-state index in [1.54, 1.807) is 17.2 Å². The van der Waals surface area contributed by atoms with Crippen LogP contribution in [0.2, 0.25) is 5.02 Å². The third kappa shape index (κ3) is 4.89. The van der Waals surface area contributed by atoms with Crippen molar-refractivity contribution in [2.75, 3.05) is 44.3 Å². The first kappa shape index (κ1) is 19.4. The molecule has 6 heteroatoms. The Hall–Kier alpha value is -1.33. The standard InChI is InChI=1S/C20H30ClN3O2/c1-15(2)3-4-16-5-7-23(8-6-16)19-18(21)13-17(14-22-19)20(25)24-9-11-26-12-10-24/h13-16H,3-12H2,1-2H3. The van der Waals surface area contributed by atoms with E-state index in [4.69, 9.17) is 16.3 Å². The van der Waals surface area contributed by atoms with Crippen molar-refractivity contribution in [2.24, 2.45) is 11.8 Å². The van der Waals surface area contributed by atoms with E-state index in [0.717, 1.165) is 30.7 Å². The number of anilines is 1. The molecule has 3 heterocycles. The Kier molecular flexibility index (Phi) is 6.76. The molecule has 0 N–H and O–H groups in total. The normalized spacial score (nSPS) is 19.2. The summed E-state index contributed by atoms with van der Waals surface area (Å²) >= 11 is 6.49. The van der Waals surface area contributed by atoms with Gasteiger partial charge in [-0.3, -0.25) is 4.79 Å². The van der Waals surface area contributed by atoms with Gasteiger partial charge in [-0.05, 0) is 30.7 Å². The first-order valence-corrected chi connectivity index (χ1v) is 10.2. The van der Waals surface area contributed by atoms with Gasteiger partial charge in [0.1, 0.15) is 5.82 Å². The zero-order chi connectivity index (χ0) is 18.5. The fourth-order valence-corrected chi connectivity index (χ4v) is 4.02. The molecule has 0 saturated carbocycles. The molecule has 2 fully saturated rings. The van der Waals surface area contributed by atoms with Crippen molar-refractivity contribution in [3.8, 4) is 0 Å². The number of pyridine rings is 1. The highest BCUT2D eigenvalue weighted by molar-refractivity contribution is 6.33. The van der Waals surface area contributed by atoms with E-state index < -0.39 is 0 Å². The van der Waals surface area contributed by atoms with E-state index in [1.165, 1.54) is 25.7 Å². The smallest absolute Gasteiger partial charge is 0.255 e. The molecule has 2 aliphatic heterocycles. The summed E-state index contributed by atoms with van der Waals surface area (Å²) < 4.78 is 5.30. The monoisotopic (exact) mass is 379 g/mol. The molecule has 0 unspecified atom stereocenters. The van der Waals surface area contributed by atoms with Crippen molar-refractivity contribution in [3.63, 3.8) is 0 Å². The number of aromatic nitrogens is 1. The second kappa shape index (κ2) is 9.05. The number of morpholine rings is 1. The molecule has 0 aromatic carbocycles. The first-order valence-electron chi connectivity index (χ1n) is 9.82. The van der Waals surface area contributed by atoms with Crippen LogP contribution in [0.4, 0.5) is 5.82 Å². The van der Waals surface area contributed by atoms with Crippen LogP contribution in [0.1, 0.15) is 49.9 Å². The number of halogens is 1. The topological polar surface area (TPSA) is 45.7 Å². The van der Waals surface area contributed by atoms with Crippen molar-refractivity contribution in [2.45, 2.75) is 39.5 Å². The number of nitrogens with zero attached hydrogens (tertiary/aromatic N) is 3. The van der Waals surface area contributed by atoms with Crippen LogP contribution in [0.5, 0.6) is 0 Å². The van der Waals surface area contributed by atoms with E-state index in [-0.39, 0.29) is 5.91 Å². The second-order valence-electron chi connectivity index (χ2n) is 7.84. The number of hydrogen-bond donors (Lipinski definition) is 0. The van der Waals surface area contributed by atoms with Crippen molar-refractivity contribution >= 4 is 23.3 Å². The number of rotatable bonds is 5. The van der Waals surface area contributed by atoms with Gasteiger partial charge in [0.2, 0.25) is 0 Å². The third-order valence-electron chi connectivity index (χ3n) is 5.43. The van der Waals surface area contributed by atoms with Gasteiger partial charge in [0.25, 0.3) is 5.91 Å². The highest BCUT2D eigenvalue weighted by atomic mass is 35.5. The number of ether oxygens (including phenoxy) is 1. The highest BCUT2D eigenvalue weighted by Crippen LogP contribution is 2.30. The van der Waals surface area contributed by atoms with Gasteiger partial charge in [-0.2, -0.15) is 0 Å². The lowest BCUT2D eigenvalue weighted by molar-refractivity contribution is 0.0302. The Morgan fingerprint density at radius 2 is 1.96 bits per heavy atom. The fourth-order valence-electron chi connectivity index (χ4n) is 3.73. The number of piperidine rings is 1. The second-order valence-corrected chi connectivity index (χ2v) is 8.24. The van der Waals surface area contributed by atoms with Crippen LogP contribution in [0.25, 0.3) is 0 Å². The molecule has 0 spiro atoms. The molecule has 2 saturated heterocycles. The van der Waals surface area contributed by atoms with Crippen LogP contribution < -0.4 is 4.90 Å². The maximum absolute atomic E-state index is 12.6. The van der Waals surface area contributed by atoms with E-state index in [1.807, 2.05) is 0 Å². The number of carbonyl (C=O) groups excluding carboxylic acids is 1. The predicted molar refractivity (Wildman–Crippen MR) is 105 cm³/mol. The van der Waals surface area contributed by atoms with E-state index >= 15 is 0 Å². The average molecular weight is 380 g/mol. The molecule has 1 amide bonds. The summed E-state index contributed by atoms with van der Waals surface area (Å²) in [5.74, 6) is 2.39. The molecule has 0 radical (unpaired) electrons. The van der Waals surface area contributed by atoms with Gasteiger partial charge in [0.05, 0.1) is 23.8 Å². The summed E-state index contributed by atoms with van der Waals surface area (Å²) in [4.78, 5) is 21.2.